The quantitative estimate of drug-likeness (QED) is 0.714. The van der Waals surface area contributed by atoms with Gasteiger partial charge < -0.3 is 14.7 Å². The molecule has 0 aromatic rings. The topological polar surface area (TPSA) is 26.8 Å². The van der Waals surface area contributed by atoms with E-state index in [0.717, 1.165) is 51.9 Å². The van der Waals surface area contributed by atoms with Gasteiger partial charge in [0, 0.05) is 19.0 Å². The Labute approximate surface area is 125 Å². The summed E-state index contributed by atoms with van der Waals surface area (Å²) in [6, 6.07) is 0.385. The molecule has 1 saturated heterocycles. The van der Waals surface area contributed by atoms with Crippen LogP contribution >= 0.6 is 0 Å². The third-order valence-electron chi connectivity index (χ3n) is 4.82. The van der Waals surface area contributed by atoms with Crippen molar-refractivity contribution >= 4 is 5.91 Å². The summed E-state index contributed by atoms with van der Waals surface area (Å²) >= 11 is 0. The molecule has 118 valence electrons. The highest BCUT2D eigenvalue weighted by molar-refractivity contribution is 5.79. The van der Waals surface area contributed by atoms with Crippen molar-refractivity contribution in [2.75, 3.05) is 47.3 Å². The Balaban J connectivity index is 2.47. The summed E-state index contributed by atoms with van der Waals surface area (Å²) in [5.74, 6) is 0.609. The number of hydrogen-bond acceptors (Lipinski definition) is 3. The molecule has 4 heteroatoms. The lowest BCUT2D eigenvalue weighted by Gasteiger charge is -2.35. The van der Waals surface area contributed by atoms with E-state index >= 15 is 0 Å². The van der Waals surface area contributed by atoms with E-state index in [1.165, 1.54) is 0 Å². The number of piperidine rings is 1. The Morgan fingerprint density at radius 1 is 1.25 bits per heavy atom. The minimum Gasteiger partial charge on any atom is -0.342 e. The van der Waals surface area contributed by atoms with Crippen LogP contribution in [-0.4, -0.2) is 74.0 Å². The van der Waals surface area contributed by atoms with Crippen LogP contribution < -0.4 is 0 Å². The second kappa shape index (κ2) is 8.63. The van der Waals surface area contributed by atoms with Gasteiger partial charge in [-0.25, -0.2) is 0 Å². The molecule has 1 fully saturated rings. The Kier molecular flexibility index (Phi) is 7.52. The molecule has 1 heterocycles. The van der Waals surface area contributed by atoms with Crippen molar-refractivity contribution in [1.82, 2.24) is 14.7 Å². The van der Waals surface area contributed by atoms with Gasteiger partial charge in [-0.3, -0.25) is 4.79 Å². The molecule has 0 unspecified atom stereocenters. The zero-order chi connectivity index (χ0) is 15.1. The first kappa shape index (κ1) is 17.4. The molecule has 0 saturated carbocycles. The zero-order valence-corrected chi connectivity index (χ0v) is 14.1. The van der Waals surface area contributed by atoms with E-state index in [-0.39, 0.29) is 5.92 Å². The third-order valence-corrected chi connectivity index (χ3v) is 4.82. The van der Waals surface area contributed by atoms with Gasteiger partial charge in [-0.05, 0) is 66.0 Å². The van der Waals surface area contributed by atoms with Crippen molar-refractivity contribution in [3.8, 4) is 0 Å². The number of carbonyl (C=O) groups is 1. The van der Waals surface area contributed by atoms with Crippen LogP contribution in [0.5, 0.6) is 0 Å². The lowest BCUT2D eigenvalue weighted by atomic mass is 9.94. The fourth-order valence-electron chi connectivity index (χ4n) is 2.92. The number of nitrogens with zero attached hydrogens (tertiary/aromatic N) is 3. The molecule has 1 rings (SSSR count). The van der Waals surface area contributed by atoms with Crippen LogP contribution in [0, 0.1) is 5.92 Å². The Bertz CT molecular complexity index is 287. The molecule has 0 aliphatic carbocycles. The average molecular weight is 283 g/mol. The molecular formula is C16H33N3O. The molecule has 20 heavy (non-hydrogen) atoms. The van der Waals surface area contributed by atoms with Gasteiger partial charge >= 0.3 is 0 Å². The molecule has 1 aliphatic rings. The molecule has 4 nitrogen and oxygen atoms in total. The maximum absolute atomic E-state index is 12.6. The van der Waals surface area contributed by atoms with Crippen molar-refractivity contribution in [3.05, 3.63) is 0 Å². The summed E-state index contributed by atoms with van der Waals surface area (Å²) in [5.41, 5.74) is 0. The molecular weight excluding hydrogens is 250 g/mol. The number of hydrogen-bond donors (Lipinski definition) is 0. The molecule has 1 atom stereocenters. The maximum Gasteiger partial charge on any atom is 0.225 e. The summed E-state index contributed by atoms with van der Waals surface area (Å²) in [4.78, 5) is 19.3. The Morgan fingerprint density at radius 2 is 1.85 bits per heavy atom. The summed E-state index contributed by atoms with van der Waals surface area (Å²) in [6.45, 7) is 8.62. The molecule has 0 N–H and O–H groups in total. The Morgan fingerprint density at radius 3 is 2.35 bits per heavy atom. The summed E-state index contributed by atoms with van der Waals surface area (Å²) in [7, 11) is 6.28. The van der Waals surface area contributed by atoms with Crippen LogP contribution in [0.3, 0.4) is 0 Å². The van der Waals surface area contributed by atoms with E-state index in [2.05, 4.69) is 37.7 Å². The van der Waals surface area contributed by atoms with Crippen LogP contribution in [-0.2, 0) is 4.79 Å². The van der Waals surface area contributed by atoms with E-state index < -0.39 is 0 Å². The van der Waals surface area contributed by atoms with Crippen molar-refractivity contribution in [3.63, 3.8) is 0 Å². The Hall–Kier alpha value is -0.610. The van der Waals surface area contributed by atoms with Crippen molar-refractivity contribution in [2.24, 2.45) is 5.92 Å². The van der Waals surface area contributed by atoms with Gasteiger partial charge in [-0.15, -0.1) is 0 Å². The minimum absolute atomic E-state index is 0.245. The fraction of sp³-hybridized carbons (Fsp3) is 0.938. The zero-order valence-electron chi connectivity index (χ0n) is 14.1. The predicted octanol–water partition coefficient (Wildman–Crippen LogP) is 1.91. The van der Waals surface area contributed by atoms with Crippen LogP contribution in [0.4, 0.5) is 0 Å². The highest BCUT2D eigenvalue weighted by Gasteiger charge is 2.28. The highest BCUT2D eigenvalue weighted by atomic mass is 16.2. The predicted molar refractivity (Wildman–Crippen MR) is 84.9 cm³/mol. The largest absolute Gasteiger partial charge is 0.342 e. The summed E-state index contributed by atoms with van der Waals surface area (Å²) in [6.07, 6.45) is 4.16. The second-order valence-electron chi connectivity index (χ2n) is 6.27. The van der Waals surface area contributed by atoms with E-state index in [9.17, 15) is 4.79 Å². The first-order valence-electron chi connectivity index (χ1n) is 8.13. The summed E-state index contributed by atoms with van der Waals surface area (Å²) in [5, 5.41) is 0. The highest BCUT2D eigenvalue weighted by Crippen LogP contribution is 2.20. The molecule has 0 bridgehead atoms. The average Bonchev–Trinajstić information content (AvgIpc) is 2.47. The lowest BCUT2D eigenvalue weighted by molar-refractivity contribution is -0.138. The molecule has 0 aromatic carbocycles. The van der Waals surface area contributed by atoms with E-state index in [1.807, 2.05) is 11.9 Å². The number of amides is 1. The van der Waals surface area contributed by atoms with Crippen LogP contribution in [0.1, 0.15) is 39.5 Å². The van der Waals surface area contributed by atoms with E-state index in [0.29, 0.717) is 11.9 Å². The standard InChI is InChI=1S/C16H33N3O/c1-6-15(10-13-17(3)7-2)19(5)16(20)14-8-11-18(4)12-9-14/h14-15H,6-13H2,1-5H3/t15-/m1/s1. The third kappa shape index (κ3) is 5.06. The first-order valence-corrected chi connectivity index (χ1v) is 8.13. The minimum atomic E-state index is 0.245. The van der Waals surface area contributed by atoms with Crippen molar-refractivity contribution < 1.29 is 4.79 Å². The second-order valence-corrected chi connectivity index (χ2v) is 6.27. The number of carbonyl (C=O) groups excluding carboxylic acids is 1. The summed E-state index contributed by atoms with van der Waals surface area (Å²) < 4.78 is 0. The van der Waals surface area contributed by atoms with Crippen LogP contribution in [0.2, 0.25) is 0 Å². The SMILES string of the molecule is CC[C@H](CCN(C)CC)N(C)C(=O)C1CCN(C)CC1. The molecule has 1 aliphatic heterocycles. The van der Waals surface area contributed by atoms with Gasteiger partial charge in [0.1, 0.15) is 0 Å². The maximum atomic E-state index is 12.6. The molecule has 0 spiro atoms. The van der Waals surface area contributed by atoms with Crippen LogP contribution in [0.25, 0.3) is 0 Å². The van der Waals surface area contributed by atoms with E-state index in [4.69, 9.17) is 0 Å². The van der Waals surface area contributed by atoms with Gasteiger partial charge in [0.05, 0.1) is 0 Å². The number of rotatable bonds is 7. The first-order chi connectivity index (χ1) is 9.49. The number of likely N-dealkylation sites (tertiary alicyclic amines) is 1. The van der Waals surface area contributed by atoms with Crippen molar-refractivity contribution in [1.29, 1.82) is 0 Å². The van der Waals surface area contributed by atoms with Gasteiger partial charge in [0.2, 0.25) is 5.91 Å². The lowest BCUT2D eigenvalue weighted by Crippen LogP contribution is -2.44. The fourth-order valence-corrected chi connectivity index (χ4v) is 2.92. The normalized spacial score (nSPS) is 19.3. The molecule has 0 aromatic heterocycles. The van der Waals surface area contributed by atoms with Crippen molar-refractivity contribution in [2.45, 2.75) is 45.6 Å². The van der Waals surface area contributed by atoms with Gasteiger partial charge in [0.15, 0.2) is 0 Å². The van der Waals surface area contributed by atoms with Gasteiger partial charge in [-0.2, -0.15) is 0 Å². The molecule has 0 radical (unpaired) electrons. The van der Waals surface area contributed by atoms with Gasteiger partial charge in [-0.1, -0.05) is 13.8 Å². The monoisotopic (exact) mass is 283 g/mol. The molecule has 1 amide bonds. The van der Waals surface area contributed by atoms with Gasteiger partial charge in [0.25, 0.3) is 0 Å². The smallest absolute Gasteiger partial charge is 0.225 e. The van der Waals surface area contributed by atoms with E-state index in [1.54, 1.807) is 0 Å². The van der Waals surface area contributed by atoms with Crippen LogP contribution in [0.15, 0.2) is 0 Å².